The van der Waals surface area contributed by atoms with Crippen LogP contribution in [0.3, 0.4) is 0 Å². The molecule has 3 nitrogen and oxygen atoms in total. The van der Waals surface area contributed by atoms with Gasteiger partial charge in [-0.05, 0) is 40.2 Å². The molecule has 0 fully saturated rings. The Labute approximate surface area is 124 Å². The second kappa shape index (κ2) is 5.51. The smallest absolute Gasteiger partial charge is 0.188 e. The van der Waals surface area contributed by atoms with Crippen LogP contribution in [-0.2, 0) is 6.42 Å². The monoisotopic (exact) mass is 326 g/mol. The molecule has 0 saturated carbocycles. The molecule has 0 aliphatic carbocycles. The van der Waals surface area contributed by atoms with Gasteiger partial charge in [-0.1, -0.05) is 24.3 Å². The number of carbonyl (C=O) groups excluding carboxylic acids is 1. The highest BCUT2D eigenvalue weighted by atomic mass is 79.9. The molecule has 0 spiro atoms. The van der Waals surface area contributed by atoms with E-state index in [1.807, 2.05) is 42.5 Å². The molecular weight excluding hydrogens is 316 g/mol. The van der Waals surface area contributed by atoms with Crippen molar-refractivity contribution in [1.82, 2.24) is 9.97 Å². The van der Waals surface area contributed by atoms with E-state index in [0.29, 0.717) is 10.2 Å². The number of Topliss-reactive ketones (excluding diaryl/α,β-unsaturated/α-hetero) is 1. The molecular formula is C16H11BrN2O. The van der Waals surface area contributed by atoms with E-state index in [9.17, 15) is 4.79 Å². The topological polar surface area (TPSA) is 42.9 Å². The number of halogens is 1. The molecule has 0 amide bonds. The van der Waals surface area contributed by atoms with Crippen LogP contribution in [0.1, 0.15) is 16.2 Å². The maximum Gasteiger partial charge on any atom is 0.188 e. The van der Waals surface area contributed by atoms with Crippen molar-refractivity contribution in [2.75, 3.05) is 0 Å². The Bertz CT molecular complexity index is 786. The third kappa shape index (κ3) is 2.60. The number of hydrogen-bond acceptors (Lipinski definition) is 3. The van der Waals surface area contributed by atoms with Crippen molar-refractivity contribution in [3.63, 3.8) is 0 Å². The van der Waals surface area contributed by atoms with E-state index in [2.05, 4.69) is 25.9 Å². The number of nitrogens with zero attached hydrogens (tertiary/aromatic N) is 2. The zero-order valence-electron chi connectivity index (χ0n) is 10.6. The van der Waals surface area contributed by atoms with E-state index in [-0.39, 0.29) is 12.2 Å². The fraction of sp³-hybridized carbons (Fsp3) is 0.0625. The summed E-state index contributed by atoms with van der Waals surface area (Å²) in [5.74, 6) is -0.0414. The number of hydrogen-bond donors (Lipinski definition) is 0. The summed E-state index contributed by atoms with van der Waals surface area (Å²) in [4.78, 5) is 20.9. The molecule has 20 heavy (non-hydrogen) atoms. The Morgan fingerprint density at radius 2 is 1.90 bits per heavy atom. The van der Waals surface area contributed by atoms with Crippen molar-refractivity contribution in [1.29, 1.82) is 0 Å². The van der Waals surface area contributed by atoms with Gasteiger partial charge in [0.2, 0.25) is 0 Å². The van der Waals surface area contributed by atoms with Crippen LogP contribution in [0.25, 0.3) is 10.9 Å². The highest BCUT2D eigenvalue weighted by Crippen LogP contribution is 2.17. The van der Waals surface area contributed by atoms with Crippen LogP contribution in [0.4, 0.5) is 0 Å². The molecule has 0 unspecified atom stereocenters. The lowest BCUT2D eigenvalue weighted by molar-refractivity contribution is 0.0986. The van der Waals surface area contributed by atoms with E-state index < -0.39 is 0 Å². The van der Waals surface area contributed by atoms with Gasteiger partial charge in [0.05, 0.1) is 11.9 Å². The second-order valence-electron chi connectivity index (χ2n) is 4.43. The molecule has 0 saturated heterocycles. The van der Waals surface area contributed by atoms with E-state index in [1.165, 1.54) is 0 Å². The molecule has 0 atom stereocenters. The third-order valence-corrected chi connectivity index (χ3v) is 3.66. The highest BCUT2D eigenvalue weighted by Gasteiger charge is 2.12. The normalized spacial score (nSPS) is 10.7. The van der Waals surface area contributed by atoms with E-state index in [0.717, 1.165) is 16.6 Å². The zero-order chi connectivity index (χ0) is 13.9. The van der Waals surface area contributed by atoms with Crippen molar-refractivity contribution in [2.45, 2.75) is 6.42 Å². The molecule has 98 valence electrons. The van der Waals surface area contributed by atoms with Crippen LogP contribution < -0.4 is 0 Å². The highest BCUT2D eigenvalue weighted by molar-refractivity contribution is 9.10. The van der Waals surface area contributed by atoms with Crippen molar-refractivity contribution in [3.8, 4) is 0 Å². The Morgan fingerprint density at radius 1 is 1.05 bits per heavy atom. The van der Waals surface area contributed by atoms with Crippen LogP contribution in [0.5, 0.6) is 0 Å². The van der Waals surface area contributed by atoms with Gasteiger partial charge in [0.25, 0.3) is 0 Å². The molecule has 0 aliphatic rings. The van der Waals surface area contributed by atoms with Crippen LogP contribution >= 0.6 is 15.9 Å². The largest absolute Gasteiger partial charge is 0.292 e. The molecule has 3 aromatic rings. The van der Waals surface area contributed by atoms with Gasteiger partial charge in [0.1, 0.15) is 5.69 Å². The first-order chi connectivity index (χ1) is 9.74. The van der Waals surface area contributed by atoms with Crippen molar-refractivity contribution in [2.24, 2.45) is 0 Å². The molecule has 2 heterocycles. The molecule has 4 heteroatoms. The van der Waals surface area contributed by atoms with Gasteiger partial charge in [-0.2, -0.15) is 0 Å². The maximum atomic E-state index is 12.2. The lowest BCUT2D eigenvalue weighted by atomic mass is 10.1. The van der Waals surface area contributed by atoms with E-state index in [1.54, 1.807) is 12.3 Å². The molecule has 0 radical (unpaired) electrons. The number of para-hydroxylation sites is 1. The Morgan fingerprint density at radius 3 is 2.75 bits per heavy atom. The summed E-state index contributed by atoms with van der Waals surface area (Å²) in [7, 11) is 0. The molecule has 2 aromatic heterocycles. The SMILES string of the molecule is O=C(Cc1ccc2ccccc2n1)c1ncccc1Br. The number of pyridine rings is 2. The predicted octanol–water partition coefficient (Wildman–Crippen LogP) is 3.82. The van der Waals surface area contributed by atoms with Gasteiger partial charge in [-0.25, -0.2) is 0 Å². The minimum absolute atomic E-state index is 0.0414. The summed E-state index contributed by atoms with van der Waals surface area (Å²) in [5, 5.41) is 1.07. The van der Waals surface area contributed by atoms with Crippen molar-refractivity contribution in [3.05, 3.63) is 70.6 Å². The summed E-state index contributed by atoms with van der Waals surface area (Å²) >= 11 is 3.35. The van der Waals surface area contributed by atoms with Crippen molar-refractivity contribution < 1.29 is 4.79 Å². The van der Waals surface area contributed by atoms with Gasteiger partial charge in [0, 0.05) is 21.7 Å². The summed E-state index contributed by atoms with van der Waals surface area (Å²) in [6.45, 7) is 0. The quantitative estimate of drug-likeness (QED) is 0.687. The first kappa shape index (κ1) is 12.9. The lowest BCUT2D eigenvalue weighted by Crippen LogP contribution is -2.08. The number of aromatic nitrogens is 2. The minimum Gasteiger partial charge on any atom is -0.292 e. The number of ketones is 1. The average molecular weight is 327 g/mol. The predicted molar refractivity (Wildman–Crippen MR) is 81.7 cm³/mol. The minimum atomic E-state index is -0.0414. The Kier molecular flexibility index (Phi) is 3.56. The summed E-state index contributed by atoms with van der Waals surface area (Å²) in [6.07, 6.45) is 1.87. The number of carbonyl (C=O) groups is 1. The van der Waals surface area contributed by atoms with E-state index in [4.69, 9.17) is 0 Å². The number of benzene rings is 1. The van der Waals surface area contributed by atoms with Crippen LogP contribution in [0.15, 0.2) is 59.2 Å². The van der Waals surface area contributed by atoms with Gasteiger partial charge >= 0.3 is 0 Å². The average Bonchev–Trinajstić information content (AvgIpc) is 2.47. The maximum absolute atomic E-state index is 12.2. The van der Waals surface area contributed by atoms with Crippen molar-refractivity contribution >= 4 is 32.6 Å². The molecule has 0 bridgehead atoms. The Hall–Kier alpha value is -2.07. The van der Waals surface area contributed by atoms with Gasteiger partial charge in [-0.3, -0.25) is 14.8 Å². The molecule has 0 N–H and O–H groups in total. The molecule has 0 aliphatic heterocycles. The zero-order valence-corrected chi connectivity index (χ0v) is 12.2. The Balaban J connectivity index is 1.89. The first-order valence-corrected chi connectivity index (χ1v) is 7.02. The summed E-state index contributed by atoms with van der Waals surface area (Å²) in [5.41, 5.74) is 2.10. The third-order valence-electron chi connectivity index (χ3n) is 3.02. The van der Waals surface area contributed by atoms with Gasteiger partial charge < -0.3 is 0 Å². The molecule has 1 aromatic carbocycles. The molecule has 3 rings (SSSR count). The number of rotatable bonds is 3. The summed E-state index contributed by atoms with van der Waals surface area (Å²) in [6, 6.07) is 15.3. The van der Waals surface area contributed by atoms with Gasteiger partial charge in [0.15, 0.2) is 5.78 Å². The van der Waals surface area contributed by atoms with Crippen LogP contribution in [-0.4, -0.2) is 15.8 Å². The number of fused-ring (bicyclic) bond motifs is 1. The van der Waals surface area contributed by atoms with Gasteiger partial charge in [-0.15, -0.1) is 0 Å². The summed E-state index contributed by atoms with van der Waals surface area (Å²) < 4.78 is 0.714. The second-order valence-corrected chi connectivity index (χ2v) is 5.28. The fourth-order valence-electron chi connectivity index (χ4n) is 2.05. The van der Waals surface area contributed by atoms with Crippen LogP contribution in [0.2, 0.25) is 0 Å². The fourth-order valence-corrected chi connectivity index (χ4v) is 2.52. The first-order valence-electron chi connectivity index (χ1n) is 6.22. The van der Waals surface area contributed by atoms with Crippen LogP contribution in [0, 0.1) is 0 Å². The standard InChI is InChI=1S/C16H11BrN2O/c17-13-5-3-9-18-16(13)15(20)10-12-8-7-11-4-1-2-6-14(11)19-12/h1-9H,10H2. The van der Waals surface area contributed by atoms with E-state index >= 15 is 0 Å². The lowest BCUT2D eigenvalue weighted by Gasteiger charge is -2.04.